The average molecular weight is 353 g/mol. The van der Waals surface area contributed by atoms with E-state index in [0.717, 1.165) is 37.3 Å². The fourth-order valence-electron chi connectivity index (χ4n) is 3.83. The van der Waals surface area contributed by atoms with Gasteiger partial charge in [0, 0.05) is 38.4 Å². The molecule has 0 N–H and O–H groups in total. The number of carbonyl (C=O) groups is 2. The minimum atomic E-state index is -0.0682. The highest BCUT2D eigenvalue weighted by Crippen LogP contribution is 2.25. The molecule has 1 atom stereocenters. The summed E-state index contributed by atoms with van der Waals surface area (Å²) in [5, 5.41) is 0. The molecular weight excluding hydrogens is 330 g/mol. The molecule has 2 fully saturated rings. The number of furan rings is 1. The van der Waals surface area contributed by atoms with E-state index >= 15 is 0 Å². The van der Waals surface area contributed by atoms with E-state index in [9.17, 15) is 9.59 Å². The monoisotopic (exact) mass is 353 g/mol. The summed E-state index contributed by atoms with van der Waals surface area (Å²) in [7, 11) is 0. The quantitative estimate of drug-likeness (QED) is 0.841. The van der Waals surface area contributed by atoms with Gasteiger partial charge in [-0.2, -0.15) is 0 Å². The molecule has 1 aromatic heterocycles. The molecule has 0 aliphatic carbocycles. The van der Waals surface area contributed by atoms with Gasteiger partial charge in [-0.3, -0.25) is 14.5 Å². The van der Waals surface area contributed by atoms with Crippen LogP contribution in [0.1, 0.15) is 12.0 Å². The van der Waals surface area contributed by atoms with Crippen molar-refractivity contribution in [3.05, 3.63) is 54.5 Å². The lowest BCUT2D eigenvalue weighted by atomic mass is 10.1. The molecule has 136 valence electrons. The summed E-state index contributed by atoms with van der Waals surface area (Å²) in [5.41, 5.74) is 1.87. The molecule has 26 heavy (non-hydrogen) atoms. The molecule has 6 nitrogen and oxygen atoms in total. The Hall–Kier alpha value is -2.60. The standard InChI is InChI=1S/C20H23N3O3/c24-19(14-16-7-13-26-15-16)22-11-9-21(10-12-22)18-6-8-23(20(18)25)17-4-2-1-3-5-17/h1-5,7,13,15,18H,6,8-12,14H2. The molecule has 1 unspecified atom stereocenters. The van der Waals surface area contributed by atoms with Crippen molar-refractivity contribution in [2.75, 3.05) is 37.6 Å². The van der Waals surface area contributed by atoms with Crippen LogP contribution in [0.5, 0.6) is 0 Å². The molecule has 0 radical (unpaired) electrons. The minimum Gasteiger partial charge on any atom is -0.472 e. The van der Waals surface area contributed by atoms with E-state index in [1.807, 2.05) is 46.2 Å². The van der Waals surface area contributed by atoms with Crippen LogP contribution >= 0.6 is 0 Å². The molecule has 4 rings (SSSR count). The SMILES string of the molecule is O=C(Cc1ccoc1)N1CCN(C2CCN(c3ccccc3)C2=O)CC1. The number of para-hydroxylation sites is 1. The number of piperazine rings is 1. The zero-order chi connectivity index (χ0) is 17.9. The number of carbonyl (C=O) groups excluding carboxylic acids is 2. The molecule has 2 aliphatic rings. The Balaban J connectivity index is 1.32. The van der Waals surface area contributed by atoms with E-state index in [-0.39, 0.29) is 17.9 Å². The first kappa shape index (κ1) is 16.8. The lowest BCUT2D eigenvalue weighted by Crippen LogP contribution is -2.54. The maximum atomic E-state index is 12.8. The molecule has 6 heteroatoms. The molecule has 2 saturated heterocycles. The zero-order valence-electron chi connectivity index (χ0n) is 14.7. The van der Waals surface area contributed by atoms with Gasteiger partial charge in [0.05, 0.1) is 25.0 Å². The first-order chi connectivity index (χ1) is 12.7. The Bertz CT molecular complexity index is 752. The number of hydrogen-bond donors (Lipinski definition) is 0. The van der Waals surface area contributed by atoms with E-state index < -0.39 is 0 Å². The fourth-order valence-corrected chi connectivity index (χ4v) is 3.83. The molecule has 0 spiro atoms. The Morgan fingerprint density at radius 2 is 1.81 bits per heavy atom. The summed E-state index contributed by atoms with van der Waals surface area (Å²) in [5.74, 6) is 0.295. The van der Waals surface area contributed by atoms with Gasteiger partial charge in [-0.15, -0.1) is 0 Å². The van der Waals surface area contributed by atoms with Crippen LogP contribution in [0.15, 0.2) is 53.3 Å². The molecule has 2 aromatic rings. The fraction of sp³-hybridized carbons (Fsp3) is 0.400. The average Bonchev–Trinajstić information content (AvgIpc) is 3.32. The first-order valence-corrected chi connectivity index (χ1v) is 9.12. The first-order valence-electron chi connectivity index (χ1n) is 9.12. The number of anilines is 1. The Labute approximate surface area is 153 Å². The van der Waals surface area contributed by atoms with Gasteiger partial charge in [-0.25, -0.2) is 0 Å². The second-order valence-corrected chi connectivity index (χ2v) is 6.86. The van der Waals surface area contributed by atoms with Crippen molar-refractivity contribution >= 4 is 17.5 Å². The predicted molar refractivity (Wildman–Crippen MR) is 97.8 cm³/mol. The molecule has 0 saturated carbocycles. The van der Waals surface area contributed by atoms with Crippen LogP contribution in [0.25, 0.3) is 0 Å². The molecule has 2 amide bonds. The second-order valence-electron chi connectivity index (χ2n) is 6.86. The Morgan fingerprint density at radius 1 is 1.04 bits per heavy atom. The topological polar surface area (TPSA) is 57.0 Å². The third-order valence-electron chi connectivity index (χ3n) is 5.29. The van der Waals surface area contributed by atoms with Gasteiger partial charge in [-0.1, -0.05) is 18.2 Å². The predicted octanol–water partition coefficient (Wildman–Crippen LogP) is 1.77. The van der Waals surface area contributed by atoms with E-state index in [0.29, 0.717) is 19.5 Å². The molecule has 3 heterocycles. The van der Waals surface area contributed by atoms with Crippen LogP contribution < -0.4 is 4.90 Å². The highest BCUT2D eigenvalue weighted by atomic mass is 16.3. The van der Waals surface area contributed by atoms with Crippen molar-refractivity contribution in [3.63, 3.8) is 0 Å². The summed E-state index contributed by atoms with van der Waals surface area (Å²) in [6.45, 7) is 3.59. The van der Waals surface area contributed by atoms with Gasteiger partial charge >= 0.3 is 0 Å². The van der Waals surface area contributed by atoms with Crippen LogP contribution in [0.2, 0.25) is 0 Å². The summed E-state index contributed by atoms with van der Waals surface area (Å²) in [6, 6.07) is 11.6. The van der Waals surface area contributed by atoms with E-state index in [2.05, 4.69) is 4.90 Å². The van der Waals surface area contributed by atoms with Crippen LogP contribution in [0, 0.1) is 0 Å². The van der Waals surface area contributed by atoms with Crippen LogP contribution in [0.4, 0.5) is 5.69 Å². The van der Waals surface area contributed by atoms with Gasteiger partial charge < -0.3 is 14.2 Å². The van der Waals surface area contributed by atoms with Crippen molar-refractivity contribution in [2.24, 2.45) is 0 Å². The van der Waals surface area contributed by atoms with Crippen molar-refractivity contribution < 1.29 is 14.0 Å². The van der Waals surface area contributed by atoms with Gasteiger partial charge in [0.1, 0.15) is 0 Å². The zero-order valence-corrected chi connectivity index (χ0v) is 14.7. The third kappa shape index (κ3) is 3.37. The maximum absolute atomic E-state index is 12.8. The normalized spacial score (nSPS) is 21.4. The van der Waals surface area contributed by atoms with Crippen molar-refractivity contribution in [2.45, 2.75) is 18.9 Å². The van der Waals surface area contributed by atoms with E-state index in [1.165, 1.54) is 0 Å². The molecular formula is C20H23N3O3. The Morgan fingerprint density at radius 3 is 2.50 bits per heavy atom. The summed E-state index contributed by atoms with van der Waals surface area (Å²) < 4.78 is 5.02. The molecule has 0 bridgehead atoms. The van der Waals surface area contributed by atoms with Gasteiger partial charge in [-0.05, 0) is 30.2 Å². The lowest BCUT2D eigenvalue weighted by molar-refractivity contribution is -0.133. The van der Waals surface area contributed by atoms with Gasteiger partial charge in [0.15, 0.2) is 0 Å². The van der Waals surface area contributed by atoms with Crippen LogP contribution in [-0.4, -0.2) is 60.4 Å². The lowest BCUT2D eigenvalue weighted by Gasteiger charge is -2.37. The minimum absolute atomic E-state index is 0.0682. The number of hydrogen-bond acceptors (Lipinski definition) is 4. The number of nitrogens with zero attached hydrogens (tertiary/aromatic N) is 3. The van der Waals surface area contributed by atoms with Crippen molar-refractivity contribution in [1.82, 2.24) is 9.80 Å². The molecule has 2 aliphatic heterocycles. The number of rotatable bonds is 4. The number of benzene rings is 1. The largest absolute Gasteiger partial charge is 0.472 e. The smallest absolute Gasteiger partial charge is 0.244 e. The third-order valence-corrected chi connectivity index (χ3v) is 5.29. The summed E-state index contributed by atoms with van der Waals surface area (Å²) >= 11 is 0. The van der Waals surface area contributed by atoms with Crippen LogP contribution in [-0.2, 0) is 16.0 Å². The van der Waals surface area contributed by atoms with Gasteiger partial charge in [0.2, 0.25) is 11.8 Å². The van der Waals surface area contributed by atoms with Crippen molar-refractivity contribution in [3.8, 4) is 0 Å². The summed E-state index contributed by atoms with van der Waals surface area (Å²) in [6.07, 6.45) is 4.42. The van der Waals surface area contributed by atoms with Crippen molar-refractivity contribution in [1.29, 1.82) is 0 Å². The van der Waals surface area contributed by atoms with E-state index in [4.69, 9.17) is 4.42 Å². The number of amides is 2. The van der Waals surface area contributed by atoms with Crippen LogP contribution in [0.3, 0.4) is 0 Å². The Kier molecular flexibility index (Phi) is 4.75. The maximum Gasteiger partial charge on any atom is 0.244 e. The molecule has 1 aromatic carbocycles. The highest BCUT2D eigenvalue weighted by molar-refractivity contribution is 5.99. The van der Waals surface area contributed by atoms with E-state index in [1.54, 1.807) is 12.5 Å². The van der Waals surface area contributed by atoms with Gasteiger partial charge in [0.25, 0.3) is 0 Å². The highest BCUT2D eigenvalue weighted by Gasteiger charge is 2.38. The second kappa shape index (κ2) is 7.33. The summed E-state index contributed by atoms with van der Waals surface area (Å²) in [4.78, 5) is 31.2.